The minimum atomic E-state index is 0.0988. The molecular formula is C11H22O3. The van der Waals surface area contributed by atoms with Crippen LogP contribution in [0.1, 0.15) is 27.7 Å². The second-order valence-electron chi connectivity index (χ2n) is 3.22. The fourth-order valence-corrected chi connectivity index (χ4v) is 1.05. The third-order valence-electron chi connectivity index (χ3n) is 1.58. The van der Waals surface area contributed by atoms with Crippen molar-refractivity contribution in [2.24, 2.45) is 0 Å². The van der Waals surface area contributed by atoms with Gasteiger partial charge in [0.05, 0.1) is 32.0 Å². The maximum Gasteiger partial charge on any atom is 0.0869 e. The largest absolute Gasteiger partial charge is 0.379 e. The molecule has 0 amide bonds. The van der Waals surface area contributed by atoms with Crippen LogP contribution in [0.5, 0.6) is 0 Å². The van der Waals surface area contributed by atoms with E-state index in [9.17, 15) is 0 Å². The molecule has 0 aromatic carbocycles. The predicted molar refractivity (Wildman–Crippen MR) is 56.7 cm³/mol. The summed E-state index contributed by atoms with van der Waals surface area (Å²) in [6, 6.07) is 0. The van der Waals surface area contributed by atoms with E-state index < -0.39 is 0 Å². The normalized spacial score (nSPS) is 15.4. The smallest absolute Gasteiger partial charge is 0.0869 e. The van der Waals surface area contributed by atoms with Gasteiger partial charge in [-0.25, -0.2) is 0 Å². The highest BCUT2D eigenvalue weighted by Crippen LogP contribution is 2.00. The Balaban J connectivity index is 3.35. The molecule has 14 heavy (non-hydrogen) atoms. The Hall–Kier alpha value is -0.120. The van der Waals surface area contributed by atoms with Crippen LogP contribution < -0.4 is 0 Å². The molecule has 0 saturated heterocycles. The Kier molecular flexibility index (Phi) is 9.35. The van der Waals surface area contributed by atoms with Gasteiger partial charge < -0.3 is 14.2 Å². The summed E-state index contributed by atoms with van der Waals surface area (Å²) in [5, 5.41) is 0. The molecule has 0 N–H and O–H groups in total. The molecule has 0 aliphatic carbocycles. The lowest BCUT2D eigenvalue weighted by Crippen LogP contribution is -2.25. The molecule has 0 fully saturated rings. The van der Waals surface area contributed by atoms with Crippen molar-refractivity contribution in [3.8, 4) is 0 Å². The quantitative estimate of drug-likeness (QED) is 0.537. The monoisotopic (exact) mass is 202 g/mol. The summed E-state index contributed by atoms with van der Waals surface area (Å²) in [6.45, 7) is 11.5. The summed E-state index contributed by atoms with van der Waals surface area (Å²) in [6.07, 6.45) is 2.08. The first-order valence-corrected chi connectivity index (χ1v) is 5.16. The highest BCUT2D eigenvalue weighted by molar-refractivity contribution is 4.67. The number of ether oxygens (including phenoxy) is 3. The molecule has 0 heterocycles. The fourth-order valence-electron chi connectivity index (χ4n) is 1.05. The third kappa shape index (κ3) is 8.48. The summed E-state index contributed by atoms with van der Waals surface area (Å²) in [4.78, 5) is 0. The van der Waals surface area contributed by atoms with Crippen LogP contribution in [0.2, 0.25) is 0 Å². The summed E-state index contributed by atoms with van der Waals surface area (Å²) >= 11 is 0. The first-order valence-electron chi connectivity index (χ1n) is 5.16. The topological polar surface area (TPSA) is 27.7 Å². The van der Waals surface area contributed by atoms with Crippen molar-refractivity contribution >= 4 is 0 Å². The van der Waals surface area contributed by atoms with E-state index in [2.05, 4.69) is 0 Å². The van der Waals surface area contributed by atoms with Gasteiger partial charge in [-0.3, -0.25) is 0 Å². The van der Waals surface area contributed by atoms with Gasteiger partial charge in [0.1, 0.15) is 0 Å². The fraction of sp³-hybridized carbons (Fsp3) is 0.818. The van der Waals surface area contributed by atoms with Gasteiger partial charge in [-0.15, -0.1) is 0 Å². The Bertz CT molecular complexity index is 117. The van der Waals surface area contributed by atoms with Crippen molar-refractivity contribution < 1.29 is 14.2 Å². The molecule has 0 aliphatic heterocycles. The molecule has 2 unspecified atom stereocenters. The molecule has 84 valence electrons. The molecule has 0 rings (SSSR count). The van der Waals surface area contributed by atoms with Crippen molar-refractivity contribution in [2.45, 2.75) is 39.9 Å². The zero-order chi connectivity index (χ0) is 10.8. The lowest BCUT2D eigenvalue weighted by atomic mass is 10.4. The van der Waals surface area contributed by atoms with E-state index in [0.717, 1.165) is 6.61 Å². The molecule has 3 heteroatoms. The summed E-state index contributed by atoms with van der Waals surface area (Å²) < 4.78 is 16.1. The highest BCUT2D eigenvalue weighted by Gasteiger charge is 2.08. The Morgan fingerprint density at radius 1 is 1.14 bits per heavy atom. The molecule has 2 atom stereocenters. The lowest BCUT2D eigenvalue weighted by Gasteiger charge is -2.18. The van der Waals surface area contributed by atoms with Crippen molar-refractivity contribution in [1.82, 2.24) is 0 Å². The van der Waals surface area contributed by atoms with Gasteiger partial charge in [0, 0.05) is 6.61 Å². The first kappa shape index (κ1) is 13.9. The van der Waals surface area contributed by atoms with E-state index >= 15 is 0 Å². The van der Waals surface area contributed by atoms with Crippen LogP contribution in [0.3, 0.4) is 0 Å². The third-order valence-corrected chi connectivity index (χ3v) is 1.58. The van der Waals surface area contributed by atoms with Gasteiger partial charge in [-0.1, -0.05) is 6.92 Å². The molecule has 0 aliphatic rings. The van der Waals surface area contributed by atoms with Gasteiger partial charge in [-0.2, -0.15) is 0 Å². The van der Waals surface area contributed by atoms with Crippen LogP contribution in [0.15, 0.2) is 0 Å². The number of rotatable bonds is 9. The van der Waals surface area contributed by atoms with Gasteiger partial charge in [0.2, 0.25) is 0 Å². The van der Waals surface area contributed by atoms with E-state index in [1.165, 1.54) is 0 Å². The molecule has 2 radical (unpaired) electrons. The minimum Gasteiger partial charge on any atom is -0.379 e. The van der Waals surface area contributed by atoms with E-state index in [1.54, 1.807) is 6.61 Å². The molecule has 0 saturated carbocycles. The zero-order valence-electron chi connectivity index (χ0n) is 9.66. The van der Waals surface area contributed by atoms with Gasteiger partial charge in [0.25, 0.3) is 0 Å². The van der Waals surface area contributed by atoms with Crippen LogP contribution in [0.25, 0.3) is 0 Å². The first-order chi connectivity index (χ1) is 6.70. The molecule has 0 aromatic heterocycles. The second kappa shape index (κ2) is 9.44. The van der Waals surface area contributed by atoms with Crippen LogP contribution in [0.4, 0.5) is 0 Å². The number of hydrogen-bond acceptors (Lipinski definition) is 3. The number of hydrogen-bond donors (Lipinski definition) is 0. The second-order valence-corrected chi connectivity index (χ2v) is 3.22. The van der Waals surface area contributed by atoms with Crippen LogP contribution in [0, 0.1) is 13.0 Å². The van der Waals surface area contributed by atoms with Crippen LogP contribution in [-0.2, 0) is 14.2 Å². The van der Waals surface area contributed by atoms with Crippen LogP contribution >= 0.6 is 0 Å². The van der Waals surface area contributed by atoms with Crippen LogP contribution in [-0.4, -0.2) is 32.0 Å². The van der Waals surface area contributed by atoms with E-state index in [4.69, 9.17) is 14.2 Å². The average Bonchev–Trinajstić information content (AvgIpc) is 2.15. The Labute approximate surface area is 87.7 Å². The van der Waals surface area contributed by atoms with Crippen molar-refractivity contribution in [3.63, 3.8) is 0 Å². The van der Waals surface area contributed by atoms with Gasteiger partial charge in [0.15, 0.2) is 0 Å². The van der Waals surface area contributed by atoms with Crippen molar-refractivity contribution in [2.75, 3.05) is 19.8 Å². The average molecular weight is 202 g/mol. The summed E-state index contributed by atoms with van der Waals surface area (Å²) in [5.74, 6) is 0. The molecule has 0 bridgehead atoms. The Morgan fingerprint density at radius 2 is 1.79 bits per heavy atom. The van der Waals surface area contributed by atoms with E-state index in [0.29, 0.717) is 13.2 Å². The molecule has 0 aromatic rings. The molecular weight excluding hydrogens is 180 g/mol. The Morgan fingerprint density at radius 3 is 2.36 bits per heavy atom. The van der Waals surface area contributed by atoms with Crippen molar-refractivity contribution in [3.05, 3.63) is 13.0 Å². The summed E-state index contributed by atoms with van der Waals surface area (Å²) in [5.41, 5.74) is 0. The molecule has 3 nitrogen and oxygen atoms in total. The maximum atomic E-state index is 5.62. The maximum absolute atomic E-state index is 5.62. The highest BCUT2D eigenvalue weighted by atomic mass is 16.6. The lowest BCUT2D eigenvalue weighted by molar-refractivity contribution is -0.0615. The van der Waals surface area contributed by atoms with E-state index in [1.807, 2.05) is 34.1 Å². The standard InChI is InChI=1S/C11H22O3/c1-5-7-13-9-11(4)14-10(3)8-12-6-2/h5,7,10-11H,6,8-9H2,1-4H3. The van der Waals surface area contributed by atoms with Gasteiger partial charge in [-0.05, 0) is 27.2 Å². The SMILES string of the molecule is C[CH][CH]OCC(C)OC(C)COCC. The zero-order valence-corrected chi connectivity index (χ0v) is 9.66. The van der Waals surface area contributed by atoms with Crippen molar-refractivity contribution in [1.29, 1.82) is 0 Å². The minimum absolute atomic E-state index is 0.0988. The van der Waals surface area contributed by atoms with Gasteiger partial charge >= 0.3 is 0 Å². The van der Waals surface area contributed by atoms with E-state index in [-0.39, 0.29) is 12.2 Å². The molecule has 0 spiro atoms. The summed E-state index contributed by atoms with van der Waals surface area (Å²) in [7, 11) is 0. The predicted octanol–water partition coefficient (Wildman–Crippen LogP) is 2.22.